The number of thiazole rings is 1. The molecule has 13 heavy (non-hydrogen) atoms. The highest BCUT2D eigenvalue weighted by atomic mass is 79.9. The van der Waals surface area contributed by atoms with Crippen molar-refractivity contribution >= 4 is 38.9 Å². The molecular weight excluding hydrogens is 270 g/mol. The molecular formula is C9H5BrClNS. The van der Waals surface area contributed by atoms with Gasteiger partial charge in [0.1, 0.15) is 10.2 Å². The Hall–Kier alpha value is -0.380. The molecule has 1 heterocycles. The van der Waals surface area contributed by atoms with E-state index in [1.54, 1.807) is 11.3 Å². The number of benzene rings is 1. The molecule has 1 nitrogen and oxygen atoms in total. The number of hydrogen-bond acceptors (Lipinski definition) is 2. The third-order valence-electron chi connectivity index (χ3n) is 1.57. The summed E-state index contributed by atoms with van der Waals surface area (Å²) in [5.41, 5.74) is 1.10. The van der Waals surface area contributed by atoms with Gasteiger partial charge in [0.05, 0.1) is 0 Å². The first-order valence-electron chi connectivity index (χ1n) is 3.63. The Bertz CT molecular complexity index is 410. The van der Waals surface area contributed by atoms with Crippen LogP contribution in [0.25, 0.3) is 10.6 Å². The molecule has 1 aromatic heterocycles. The molecule has 0 atom stereocenters. The summed E-state index contributed by atoms with van der Waals surface area (Å²) in [6.07, 6.45) is 0. The summed E-state index contributed by atoms with van der Waals surface area (Å²) in [6, 6.07) is 8.01. The SMILES string of the molecule is Clc1csc(-c2ccc(Br)cc2)n1. The maximum atomic E-state index is 5.73. The highest BCUT2D eigenvalue weighted by Crippen LogP contribution is 2.26. The quantitative estimate of drug-likeness (QED) is 0.758. The van der Waals surface area contributed by atoms with Crippen molar-refractivity contribution in [3.63, 3.8) is 0 Å². The van der Waals surface area contributed by atoms with Gasteiger partial charge in [0.25, 0.3) is 0 Å². The van der Waals surface area contributed by atoms with E-state index in [1.165, 1.54) is 0 Å². The zero-order chi connectivity index (χ0) is 9.26. The van der Waals surface area contributed by atoms with E-state index in [-0.39, 0.29) is 0 Å². The van der Waals surface area contributed by atoms with Crippen LogP contribution in [0.4, 0.5) is 0 Å². The number of rotatable bonds is 1. The zero-order valence-corrected chi connectivity index (χ0v) is 9.66. The lowest BCUT2D eigenvalue weighted by atomic mass is 10.2. The van der Waals surface area contributed by atoms with Crippen molar-refractivity contribution in [3.8, 4) is 10.6 Å². The van der Waals surface area contributed by atoms with Crippen LogP contribution in [-0.4, -0.2) is 4.98 Å². The average molecular weight is 275 g/mol. The maximum Gasteiger partial charge on any atom is 0.140 e. The first kappa shape index (κ1) is 9.19. The molecule has 0 fully saturated rings. The predicted molar refractivity (Wildman–Crippen MR) is 60.3 cm³/mol. The van der Waals surface area contributed by atoms with Gasteiger partial charge in [0.15, 0.2) is 0 Å². The van der Waals surface area contributed by atoms with Crippen LogP contribution in [0.2, 0.25) is 5.15 Å². The van der Waals surface area contributed by atoms with Gasteiger partial charge in [-0.25, -0.2) is 4.98 Å². The van der Waals surface area contributed by atoms with Crippen molar-refractivity contribution in [1.82, 2.24) is 4.98 Å². The van der Waals surface area contributed by atoms with Crippen LogP contribution in [0, 0.1) is 0 Å². The van der Waals surface area contributed by atoms with Crippen molar-refractivity contribution in [2.45, 2.75) is 0 Å². The Labute approximate surface area is 93.5 Å². The van der Waals surface area contributed by atoms with Crippen molar-refractivity contribution in [2.75, 3.05) is 0 Å². The molecule has 0 aliphatic heterocycles. The summed E-state index contributed by atoms with van der Waals surface area (Å²) in [5, 5.41) is 3.35. The smallest absolute Gasteiger partial charge is 0.140 e. The van der Waals surface area contributed by atoms with E-state index in [4.69, 9.17) is 11.6 Å². The lowest BCUT2D eigenvalue weighted by Gasteiger charge is -1.94. The van der Waals surface area contributed by atoms with Crippen LogP contribution in [-0.2, 0) is 0 Å². The van der Waals surface area contributed by atoms with Crippen LogP contribution in [0.5, 0.6) is 0 Å². The molecule has 66 valence electrons. The minimum Gasteiger partial charge on any atom is -0.224 e. The zero-order valence-electron chi connectivity index (χ0n) is 6.50. The molecule has 0 aliphatic rings. The third kappa shape index (κ3) is 2.10. The van der Waals surface area contributed by atoms with Gasteiger partial charge >= 0.3 is 0 Å². The number of aromatic nitrogens is 1. The average Bonchev–Trinajstić information content (AvgIpc) is 2.53. The van der Waals surface area contributed by atoms with E-state index in [0.717, 1.165) is 15.0 Å². The van der Waals surface area contributed by atoms with Crippen LogP contribution in [0.3, 0.4) is 0 Å². The lowest BCUT2D eigenvalue weighted by molar-refractivity contribution is 1.41. The third-order valence-corrected chi connectivity index (χ3v) is 3.31. The van der Waals surface area contributed by atoms with Gasteiger partial charge in [-0.15, -0.1) is 11.3 Å². The van der Waals surface area contributed by atoms with Crippen LogP contribution in [0.15, 0.2) is 34.1 Å². The summed E-state index contributed by atoms with van der Waals surface area (Å²) in [7, 11) is 0. The second-order valence-corrected chi connectivity index (χ2v) is 4.64. The Balaban J connectivity index is 2.41. The number of hydrogen-bond donors (Lipinski definition) is 0. The monoisotopic (exact) mass is 273 g/mol. The Kier molecular flexibility index (Phi) is 2.67. The number of nitrogens with zero attached hydrogens (tertiary/aromatic N) is 1. The van der Waals surface area contributed by atoms with Crippen molar-refractivity contribution < 1.29 is 0 Å². The van der Waals surface area contributed by atoms with Crippen molar-refractivity contribution in [2.24, 2.45) is 0 Å². The molecule has 4 heteroatoms. The fourth-order valence-corrected chi connectivity index (χ4v) is 2.20. The highest BCUT2D eigenvalue weighted by Gasteiger charge is 2.01. The molecule has 0 radical (unpaired) electrons. The van der Waals surface area contributed by atoms with Gasteiger partial charge in [0.2, 0.25) is 0 Å². The van der Waals surface area contributed by atoms with Crippen LogP contribution >= 0.6 is 38.9 Å². The van der Waals surface area contributed by atoms with E-state index >= 15 is 0 Å². The van der Waals surface area contributed by atoms with Crippen molar-refractivity contribution in [1.29, 1.82) is 0 Å². The second kappa shape index (κ2) is 3.78. The van der Waals surface area contributed by atoms with E-state index in [0.29, 0.717) is 5.15 Å². The summed E-state index contributed by atoms with van der Waals surface area (Å²) in [5.74, 6) is 0. The highest BCUT2D eigenvalue weighted by molar-refractivity contribution is 9.10. The van der Waals surface area contributed by atoms with Gasteiger partial charge in [-0.2, -0.15) is 0 Å². The topological polar surface area (TPSA) is 12.9 Å². The molecule has 0 spiro atoms. The summed E-state index contributed by atoms with van der Waals surface area (Å²) >= 11 is 10.7. The molecule has 0 N–H and O–H groups in total. The molecule has 0 aliphatic carbocycles. The van der Waals surface area contributed by atoms with Gasteiger partial charge in [-0.05, 0) is 12.1 Å². The van der Waals surface area contributed by atoms with E-state index in [9.17, 15) is 0 Å². The molecule has 2 rings (SSSR count). The van der Waals surface area contributed by atoms with Gasteiger partial charge in [0, 0.05) is 15.4 Å². The largest absolute Gasteiger partial charge is 0.224 e. The molecule has 1 aromatic carbocycles. The Morgan fingerprint density at radius 2 is 1.92 bits per heavy atom. The molecule has 0 amide bonds. The van der Waals surface area contributed by atoms with E-state index < -0.39 is 0 Å². The molecule has 0 unspecified atom stereocenters. The fourth-order valence-electron chi connectivity index (χ4n) is 0.979. The Morgan fingerprint density at radius 1 is 1.23 bits per heavy atom. The summed E-state index contributed by atoms with van der Waals surface area (Å²) < 4.78 is 1.07. The Morgan fingerprint density at radius 3 is 2.46 bits per heavy atom. The fraction of sp³-hybridized carbons (Fsp3) is 0. The van der Waals surface area contributed by atoms with E-state index in [2.05, 4.69) is 20.9 Å². The maximum absolute atomic E-state index is 5.73. The molecule has 0 saturated carbocycles. The minimum absolute atomic E-state index is 0.558. The van der Waals surface area contributed by atoms with Gasteiger partial charge in [-0.3, -0.25) is 0 Å². The van der Waals surface area contributed by atoms with Crippen LogP contribution < -0.4 is 0 Å². The van der Waals surface area contributed by atoms with Crippen LogP contribution in [0.1, 0.15) is 0 Å². The molecule has 0 saturated heterocycles. The minimum atomic E-state index is 0.558. The normalized spacial score (nSPS) is 10.3. The standard InChI is InChI=1S/C9H5BrClNS/c10-7-3-1-6(2-4-7)9-12-8(11)5-13-9/h1-5H. The van der Waals surface area contributed by atoms with Crippen molar-refractivity contribution in [3.05, 3.63) is 39.3 Å². The first-order chi connectivity index (χ1) is 6.25. The molecule has 0 bridgehead atoms. The number of halogens is 2. The van der Waals surface area contributed by atoms with E-state index in [1.807, 2.05) is 29.6 Å². The predicted octanol–water partition coefficient (Wildman–Crippen LogP) is 4.23. The first-order valence-corrected chi connectivity index (χ1v) is 5.68. The van der Waals surface area contributed by atoms with Gasteiger partial charge < -0.3 is 0 Å². The van der Waals surface area contributed by atoms with Gasteiger partial charge in [-0.1, -0.05) is 39.7 Å². The summed E-state index contributed by atoms with van der Waals surface area (Å²) in [4.78, 5) is 4.18. The lowest BCUT2D eigenvalue weighted by Crippen LogP contribution is -1.74. The molecule has 2 aromatic rings. The second-order valence-electron chi connectivity index (χ2n) is 2.48. The summed E-state index contributed by atoms with van der Waals surface area (Å²) in [6.45, 7) is 0.